The third-order valence-corrected chi connectivity index (χ3v) is 6.99. The highest BCUT2D eigenvalue weighted by molar-refractivity contribution is 7.89. The molecule has 6 nitrogen and oxygen atoms in total. The summed E-state index contributed by atoms with van der Waals surface area (Å²) in [4.78, 5) is 12.6. The molecule has 0 aliphatic carbocycles. The van der Waals surface area contributed by atoms with Crippen LogP contribution in [-0.4, -0.2) is 38.3 Å². The van der Waals surface area contributed by atoms with E-state index in [4.69, 9.17) is 4.74 Å². The molecule has 1 atom stereocenters. The normalized spacial score (nSPS) is 17.4. The first-order chi connectivity index (χ1) is 14.6. The number of halogens is 3. The van der Waals surface area contributed by atoms with Crippen LogP contribution in [0.1, 0.15) is 25.3 Å². The minimum atomic E-state index is -3.86. The molecule has 0 unspecified atom stereocenters. The van der Waals surface area contributed by atoms with E-state index in [-0.39, 0.29) is 18.0 Å². The molecule has 0 spiro atoms. The van der Waals surface area contributed by atoms with Gasteiger partial charge in [0.05, 0.1) is 23.1 Å². The Morgan fingerprint density at radius 1 is 1.19 bits per heavy atom. The highest BCUT2D eigenvalue weighted by atomic mass is 32.2. The van der Waals surface area contributed by atoms with Crippen LogP contribution in [-0.2, 0) is 14.8 Å². The SMILES string of the molecule is CCOc1ccc(S(=O)(=O)N2CCC[C@@H](C(=O)Nc3ccc(F)c(F)c3F)C2)cc1C. The maximum atomic E-state index is 13.9. The second-order valence-corrected chi connectivity index (χ2v) is 9.21. The first kappa shape index (κ1) is 23.1. The summed E-state index contributed by atoms with van der Waals surface area (Å²) in [5, 5.41) is 2.23. The van der Waals surface area contributed by atoms with E-state index >= 15 is 0 Å². The van der Waals surface area contributed by atoms with Crippen LogP contribution in [0.3, 0.4) is 0 Å². The molecule has 1 saturated heterocycles. The van der Waals surface area contributed by atoms with Gasteiger partial charge in [-0.1, -0.05) is 0 Å². The minimum absolute atomic E-state index is 0.0844. The average molecular weight is 456 g/mol. The van der Waals surface area contributed by atoms with E-state index in [2.05, 4.69) is 5.32 Å². The molecule has 0 saturated carbocycles. The monoisotopic (exact) mass is 456 g/mol. The number of sulfonamides is 1. The predicted octanol–water partition coefficient (Wildman–Crippen LogP) is 3.85. The van der Waals surface area contributed by atoms with E-state index in [1.807, 2.05) is 6.92 Å². The topological polar surface area (TPSA) is 75.7 Å². The van der Waals surface area contributed by atoms with Gasteiger partial charge < -0.3 is 10.1 Å². The van der Waals surface area contributed by atoms with Gasteiger partial charge in [0.1, 0.15) is 5.75 Å². The lowest BCUT2D eigenvalue weighted by Gasteiger charge is -2.31. The van der Waals surface area contributed by atoms with Crippen LogP contribution >= 0.6 is 0 Å². The van der Waals surface area contributed by atoms with E-state index in [1.54, 1.807) is 13.0 Å². The van der Waals surface area contributed by atoms with E-state index in [0.717, 1.165) is 6.07 Å². The van der Waals surface area contributed by atoms with Crippen LogP contribution in [0.15, 0.2) is 35.2 Å². The van der Waals surface area contributed by atoms with Crippen LogP contribution < -0.4 is 10.1 Å². The van der Waals surface area contributed by atoms with Crippen LogP contribution in [0.2, 0.25) is 0 Å². The molecule has 0 aromatic heterocycles. The van der Waals surface area contributed by atoms with Gasteiger partial charge in [-0.2, -0.15) is 4.31 Å². The highest BCUT2D eigenvalue weighted by Crippen LogP contribution is 2.28. The van der Waals surface area contributed by atoms with Gasteiger partial charge in [-0.15, -0.1) is 0 Å². The fraction of sp³-hybridized carbons (Fsp3) is 0.381. The van der Waals surface area contributed by atoms with Gasteiger partial charge in [0.2, 0.25) is 15.9 Å². The number of nitrogens with zero attached hydrogens (tertiary/aromatic N) is 1. The molecule has 1 aliphatic heterocycles. The van der Waals surface area contributed by atoms with Crippen LogP contribution in [0.4, 0.5) is 18.9 Å². The third-order valence-electron chi connectivity index (χ3n) is 5.13. The van der Waals surface area contributed by atoms with Gasteiger partial charge in [-0.25, -0.2) is 21.6 Å². The maximum absolute atomic E-state index is 13.9. The number of carbonyl (C=O) groups excluding carboxylic acids is 1. The first-order valence-electron chi connectivity index (χ1n) is 9.83. The summed E-state index contributed by atoms with van der Waals surface area (Å²) < 4.78 is 73.1. The number of carbonyl (C=O) groups is 1. The molecule has 1 aliphatic rings. The van der Waals surface area contributed by atoms with Crippen molar-refractivity contribution in [2.45, 2.75) is 31.6 Å². The fourth-order valence-corrected chi connectivity index (χ4v) is 5.09. The van der Waals surface area contributed by atoms with Crippen LogP contribution in [0.25, 0.3) is 0 Å². The number of amides is 1. The standard InChI is InChI=1S/C21H23F3N2O4S/c1-3-30-18-9-6-15(11-13(18)2)31(28,29)26-10-4-5-14(12-26)21(27)25-17-8-7-16(22)19(23)20(17)24/h6-9,11,14H,3-5,10,12H2,1-2H3,(H,25,27)/t14-/m1/s1. The van der Waals surface area contributed by atoms with Gasteiger partial charge in [0.15, 0.2) is 17.5 Å². The Balaban J connectivity index is 1.76. The lowest BCUT2D eigenvalue weighted by Crippen LogP contribution is -2.43. The number of piperidine rings is 1. The van der Waals surface area contributed by atoms with Crippen LogP contribution in [0.5, 0.6) is 5.75 Å². The Hall–Kier alpha value is -2.59. The number of aryl methyl sites for hydroxylation is 1. The first-order valence-corrected chi connectivity index (χ1v) is 11.3. The van der Waals surface area contributed by atoms with E-state index < -0.39 is 45.0 Å². The van der Waals surface area contributed by atoms with Gasteiger partial charge in [-0.3, -0.25) is 4.79 Å². The van der Waals surface area contributed by atoms with Crippen molar-refractivity contribution in [1.29, 1.82) is 0 Å². The minimum Gasteiger partial charge on any atom is -0.494 e. The molecule has 2 aromatic rings. The number of anilines is 1. The number of hydrogen-bond acceptors (Lipinski definition) is 4. The van der Waals surface area contributed by atoms with Crippen molar-refractivity contribution < 1.29 is 31.1 Å². The maximum Gasteiger partial charge on any atom is 0.243 e. The van der Waals surface area contributed by atoms with Crippen molar-refractivity contribution in [3.05, 3.63) is 53.3 Å². The number of hydrogen-bond donors (Lipinski definition) is 1. The molecule has 3 rings (SSSR count). The van der Waals surface area contributed by atoms with Crippen molar-refractivity contribution in [2.75, 3.05) is 25.0 Å². The summed E-state index contributed by atoms with van der Waals surface area (Å²) in [7, 11) is -3.86. The molecule has 10 heteroatoms. The molecule has 2 aromatic carbocycles. The molecule has 0 radical (unpaired) electrons. The van der Waals surface area contributed by atoms with Gasteiger partial charge in [-0.05, 0) is 62.6 Å². The number of nitrogens with one attached hydrogen (secondary N) is 1. The molecule has 168 valence electrons. The second kappa shape index (κ2) is 9.27. The number of benzene rings is 2. The Morgan fingerprint density at radius 3 is 2.61 bits per heavy atom. The summed E-state index contributed by atoms with van der Waals surface area (Å²) in [6.07, 6.45) is 0.805. The van der Waals surface area contributed by atoms with Crippen molar-refractivity contribution in [3.63, 3.8) is 0 Å². The zero-order valence-electron chi connectivity index (χ0n) is 17.1. The molecule has 31 heavy (non-hydrogen) atoms. The van der Waals surface area contributed by atoms with Gasteiger partial charge in [0, 0.05) is 13.1 Å². The average Bonchev–Trinajstić information content (AvgIpc) is 2.75. The predicted molar refractivity (Wildman–Crippen MR) is 109 cm³/mol. The van der Waals surface area contributed by atoms with E-state index in [9.17, 15) is 26.4 Å². The van der Waals surface area contributed by atoms with Crippen molar-refractivity contribution >= 4 is 21.6 Å². The summed E-state index contributed by atoms with van der Waals surface area (Å²) in [6.45, 7) is 4.15. The Labute approximate surface area is 179 Å². The Bertz CT molecular complexity index is 1090. The summed E-state index contributed by atoms with van der Waals surface area (Å²) >= 11 is 0. The second-order valence-electron chi connectivity index (χ2n) is 7.27. The van der Waals surface area contributed by atoms with E-state index in [1.165, 1.54) is 16.4 Å². The highest BCUT2D eigenvalue weighted by Gasteiger charge is 2.34. The molecule has 1 N–H and O–H groups in total. The molecular weight excluding hydrogens is 433 g/mol. The van der Waals surface area contributed by atoms with Crippen LogP contribution in [0, 0.1) is 30.3 Å². The van der Waals surface area contributed by atoms with Crippen molar-refractivity contribution in [2.24, 2.45) is 5.92 Å². The van der Waals surface area contributed by atoms with Gasteiger partial charge in [0.25, 0.3) is 0 Å². The largest absolute Gasteiger partial charge is 0.494 e. The molecule has 1 amide bonds. The molecule has 1 heterocycles. The van der Waals surface area contributed by atoms with Crippen molar-refractivity contribution in [1.82, 2.24) is 4.31 Å². The molecule has 1 fully saturated rings. The lowest BCUT2D eigenvalue weighted by molar-refractivity contribution is -0.120. The Morgan fingerprint density at radius 2 is 1.94 bits per heavy atom. The number of ether oxygens (including phenoxy) is 1. The quantitative estimate of drug-likeness (QED) is 0.670. The Kier molecular flexibility index (Phi) is 6.90. The lowest BCUT2D eigenvalue weighted by atomic mass is 9.98. The van der Waals surface area contributed by atoms with Gasteiger partial charge >= 0.3 is 0 Å². The molecular formula is C21H23F3N2O4S. The zero-order chi connectivity index (χ0) is 22.8. The fourth-order valence-electron chi connectivity index (χ4n) is 3.48. The summed E-state index contributed by atoms with van der Waals surface area (Å²) in [5.74, 6) is -5.38. The summed E-state index contributed by atoms with van der Waals surface area (Å²) in [5.41, 5.74) is 0.175. The van der Waals surface area contributed by atoms with E-state index in [0.29, 0.717) is 36.8 Å². The van der Waals surface area contributed by atoms with Crippen molar-refractivity contribution in [3.8, 4) is 5.75 Å². The molecule has 0 bridgehead atoms. The third kappa shape index (κ3) is 4.85. The number of rotatable bonds is 6. The summed E-state index contributed by atoms with van der Waals surface area (Å²) in [6, 6.07) is 6.19. The smallest absolute Gasteiger partial charge is 0.243 e. The zero-order valence-corrected chi connectivity index (χ0v) is 17.9.